The van der Waals surface area contributed by atoms with Crippen molar-refractivity contribution in [3.8, 4) is 0 Å². The lowest BCUT2D eigenvalue weighted by molar-refractivity contribution is 0.472. The first-order valence-corrected chi connectivity index (χ1v) is 4.27. The van der Waals surface area contributed by atoms with Crippen LogP contribution >= 0.6 is 35.6 Å². The van der Waals surface area contributed by atoms with Crippen LogP contribution in [0.3, 0.4) is 0 Å². The number of halogens is 3. The molecular formula is C6H12Cl3N. The summed E-state index contributed by atoms with van der Waals surface area (Å²) >= 11 is 11.4. The summed E-state index contributed by atoms with van der Waals surface area (Å²) in [6.07, 6.45) is 2.33. The molecule has 10 heavy (non-hydrogen) atoms. The minimum Gasteiger partial charge on any atom is -0.309 e. The molecule has 0 amide bonds. The predicted octanol–water partition coefficient (Wildman–Crippen LogP) is 2.01. The number of rotatable bonds is 2. The Morgan fingerprint density at radius 3 is 2.10 bits per heavy atom. The summed E-state index contributed by atoms with van der Waals surface area (Å²) in [5, 5.41) is 3.31. The highest BCUT2D eigenvalue weighted by Gasteiger charge is 2.30. The standard InChI is InChI=1S/C6H11Cl2N.ClH/c7-4-6(5-8)2-1-3-9-6;/h9H,1-5H2;1H. The van der Waals surface area contributed by atoms with E-state index in [4.69, 9.17) is 23.2 Å². The van der Waals surface area contributed by atoms with E-state index in [9.17, 15) is 0 Å². The van der Waals surface area contributed by atoms with Gasteiger partial charge in [0, 0.05) is 17.3 Å². The van der Waals surface area contributed by atoms with Crippen LogP contribution in [-0.2, 0) is 0 Å². The molecule has 1 nitrogen and oxygen atoms in total. The zero-order chi connectivity index (χ0) is 6.74. The van der Waals surface area contributed by atoms with Gasteiger partial charge in [-0.15, -0.1) is 35.6 Å². The fraction of sp³-hybridized carbons (Fsp3) is 1.00. The van der Waals surface area contributed by atoms with Crippen molar-refractivity contribution in [3.63, 3.8) is 0 Å². The van der Waals surface area contributed by atoms with Crippen LogP contribution in [0.4, 0.5) is 0 Å². The fourth-order valence-corrected chi connectivity index (χ4v) is 1.87. The largest absolute Gasteiger partial charge is 0.309 e. The molecule has 1 aliphatic rings. The van der Waals surface area contributed by atoms with Gasteiger partial charge in [0.25, 0.3) is 0 Å². The zero-order valence-electron chi connectivity index (χ0n) is 5.70. The van der Waals surface area contributed by atoms with E-state index in [1.165, 1.54) is 6.42 Å². The average Bonchev–Trinajstić information content (AvgIpc) is 2.36. The molecule has 0 aliphatic carbocycles. The van der Waals surface area contributed by atoms with E-state index in [1.807, 2.05) is 0 Å². The summed E-state index contributed by atoms with van der Waals surface area (Å²) in [4.78, 5) is 0. The molecular weight excluding hydrogens is 192 g/mol. The van der Waals surface area contributed by atoms with Gasteiger partial charge in [0.05, 0.1) is 0 Å². The molecule has 0 aromatic heterocycles. The zero-order valence-corrected chi connectivity index (χ0v) is 8.03. The van der Waals surface area contributed by atoms with Crippen molar-refractivity contribution in [1.82, 2.24) is 5.32 Å². The van der Waals surface area contributed by atoms with Crippen LogP contribution in [0.2, 0.25) is 0 Å². The van der Waals surface area contributed by atoms with Gasteiger partial charge in [-0.2, -0.15) is 0 Å². The lowest BCUT2D eigenvalue weighted by Gasteiger charge is -2.23. The van der Waals surface area contributed by atoms with Gasteiger partial charge in [0.1, 0.15) is 0 Å². The Labute approximate surface area is 77.9 Å². The van der Waals surface area contributed by atoms with E-state index in [0.717, 1.165) is 13.0 Å². The topological polar surface area (TPSA) is 12.0 Å². The van der Waals surface area contributed by atoms with Crippen LogP contribution in [-0.4, -0.2) is 23.8 Å². The van der Waals surface area contributed by atoms with Crippen molar-refractivity contribution in [2.45, 2.75) is 18.4 Å². The van der Waals surface area contributed by atoms with Crippen molar-refractivity contribution in [3.05, 3.63) is 0 Å². The Morgan fingerprint density at radius 1 is 1.30 bits per heavy atom. The summed E-state index contributed by atoms with van der Waals surface area (Å²) < 4.78 is 0. The molecule has 0 unspecified atom stereocenters. The predicted molar refractivity (Wildman–Crippen MR) is 48.7 cm³/mol. The first-order valence-electron chi connectivity index (χ1n) is 3.20. The second-order valence-corrected chi connectivity index (χ2v) is 3.11. The second-order valence-electron chi connectivity index (χ2n) is 2.58. The second kappa shape index (κ2) is 4.66. The summed E-state index contributed by atoms with van der Waals surface area (Å²) in [7, 11) is 0. The third kappa shape index (κ3) is 2.16. The van der Waals surface area contributed by atoms with E-state index in [2.05, 4.69) is 5.32 Å². The number of alkyl halides is 2. The quantitative estimate of drug-likeness (QED) is 0.679. The molecule has 0 saturated carbocycles. The molecule has 62 valence electrons. The highest BCUT2D eigenvalue weighted by atomic mass is 35.5. The SMILES string of the molecule is Cl.ClCC1(CCl)CCCN1. The van der Waals surface area contributed by atoms with Crippen LogP contribution in [0.1, 0.15) is 12.8 Å². The van der Waals surface area contributed by atoms with Gasteiger partial charge < -0.3 is 5.32 Å². The van der Waals surface area contributed by atoms with Crippen LogP contribution in [0.15, 0.2) is 0 Å². The molecule has 1 saturated heterocycles. The average molecular weight is 205 g/mol. The Hall–Kier alpha value is 0.830. The molecule has 1 fully saturated rings. The van der Waals surface area contributed by atoms with E-state index < -0.39 is 0 Å². The summed E-state index contributed by atoms with van der Waals surface area (Å²) in [6.45, 7) is 1.07. The molecule has 1 rings (SSSR count). The first kappa shape index (κ1) is 10.8. The summed E-state index contributed by atoms with van der Waals surface area (Å²) in [5.74, 6) is 1.27. The van der Waals surface area contributed by atoms with Crippen molar-refractivity contribution in [2.75, 3.05) is 18.3 Å². The molecule has 4 heteroatoms. The molecule has 0 bridgehead atoms. The molecule has 0 aromatic carbocycles. The monoisotopic (exact) mass is 203 g/mol. The molecule has 0 aromatic rings. The Balaban J connectivity index is 0.000000810. The number of hydrogen-bond donors (Lipinski definition) is 1. The smallest absolute Gasteiger partial charge is 0.0454 e. The summed E-state index contributed by atoms with van der Waals surface area (Å²) in [6, 6.07) is 0. The first-order chi connectivity index (χ1) is 4.33. The third-order valence-corrected chi connectivity index (χ3v) is 2.87. The van der Waals surface area contributed by atoms with Gasteiger partial charge in [-0.05, 0) is 19.4 Å². The molecule has 1 N–H and O–H groups in total. The maximum absolute atomic E-state index is 5.72. The van der Waals surface area contributed by atoms with E-state index in [1.54, 1.807) is 0 Å². The van der Waals surface area contributed by atoms with Gasteiger partial charge in [-0.1, -0.05) is 0 Å². The van der Waals surface area contributed by atoms with E-state index in [-0.39, 0.29) is 17.9 Å². The van der Waals surface area contributed by atoms with Crippen LogP contribution in [0.5, 0.6) is 0 Å². The van der Waals surface area contributed by atoms with Crippen LogP contribution in [0, 0.1) is 0 Å². The van der Waals surface area contributed by atoms with Crippen LogP contribution in [0.25, 0.3) is 0 Å². The van der Waals surface area contributed by atoms with Crippen molar-refractivity contribution < 1.29 is 0 Å². The molecule has 0 spiro atoms. The maximum Gasteiger partial charge on any atom is 0.0454 e. The highest BCUT2D eigenvalue weighted by Crippen LogP contribution is 2.21. The Bertz CT molecular complexity index is 85.0. The normalized spacial score (nSPS) is 22.2. The third-order valence-electron chi connectivity index (χ3n) is 1.84. The molecule has 1 aliphatic heterocycles. The number of nitrogens with one attached hydrogen (secondary N) is 1. The van der Waals surface area contributed by atoms with Crippen molar-refractivity contribution in [2.24, 2.45) is 0 Å². The van der Waals surface area contributed by atoms with Crippen molar-refractivity contribution in [1.29, 1.82) is 0 Å². The minimum atomic E-state index is 0. The lowest BCUT2D eigenvalue weighted by Crippen LogP contribution is -2.43. The van der Waals surface area contributed by atoms with Gasteiger partial charge in [0.15, 0.2) is 0 Å². The molecule has 0 radical (unpaired) electrons. The number of hydrogen-bond acceptors (Lipinski definition) is 1. The summed E-state index contributed by atoms with van der Waals surface area (Å²) in [5.41, 5.74) is 0.0586. The molecule has 0 atom stereocenters. The van der Waals surface area contributed by atoms with Crippen LogP contribution < -0.4 is 5.32 Å². The minimum absolute atomic E-state index is 0. The van der Waals surface area contributed by atoms with Gasteiger partial charge in [-0.3, -0.25) is 0 Å². The Morgan fingerprint density at radius 2 is 1.90 bits per heavy atom. The van der Waals surface area contributed by atoms with E-state index >= 15 is 0 Å². The van der Waals surface area contributed by atoms with Gasteiger partial charge >= 0.3 is 0 Å². The van der Waals surface area contributed by atoms with Gasteiger partial charge in [-0.25, -0.2) is 0 Å². The Kier molecular flexibility index (Phi) is 5.04. The van der Waals surface area contributed by atoms with Crippen molar-refractivity contribution >= 4 is 35.6 Å². The lowest BCUT2D eigenvalue weighted by atomic mass is 10.0. The fourth-order valence-electron chi connectivity index (χ4n) is 1.13. The maximum atomic E-state index is 5.72. The highest BCUT2D eigenvalue weighted by molar-refractivity contribution is 6.22. The van der Waals surface area contributed by atoms with E-state index in [0.29, 0.717) is 11.8 Å². The molecule has 1 heterocycles. The van der Waals surface area contributed by atoms with Gasteiger partial charge in [0.2, 0.25) is 0 Å².